The maximum absolute atomic E-state index is 10.9. The summed E-state index contributed by atoms with van der Waals surface area (Å²) in [5.41, 5.74) is 0. The second-order valence-electron chi connectivity index (χ2n) is 3.68. The predicted molar refractivity (Wildman–Crippen MR) is 45.9 cm³/mol. The van der Waals surface area contributed by atoms with Crippen LogP contribution in [0, 0.1) is 5.92 Å². The van der Waals surface area contributed by atoms with Crippen LogP contribution in [0.25, 0.3) is 0 Å². The normalized spacial score (nSPS) is 40.7. The first-order valence-corrected chi connectivity index (χ1v) is 4.70. The van der Waals surface area contributed by atoms with Gasteiger partial charge < -0.3 is 18.9 Å². The largest absolute Gasteiger partial charge is 0.508 e. The minimum Gasteiger partial charge on any atom is -0.438 e. The lowest BCUT2D eigenvalue weighted by molar-refractivity contribution is -0.0219. The molecule has 4 atom stereocenters. The van der Waals surface area contributed by atoms with Crippen LogP contribution < -0.4 is 0 Å². The number of hydrogen-bond acceptors (Lipinski definition) is 5. The summed E-state index contributed by atoms with van der Waals surface area (Å²) in [5, 5.41) is 0. The van der Waals surface area contributed by atoms with E-state index in [0.29, 0.717) is 19.1 Å². The average Bonchev–Trinajstić information content (AvgIpc) is 2.72. The molecular formula is C9H14O5. The molecule has 2 aliphatic heterocycles. The number of carbonyl (C=O) groups is 1. The highest BCUT2D eigenvalue weighted by Gasteiger charge is 2.47. The third-order valence-electron chi connectivity index (χ3n) is 2.67. The van der Waals surface area contributed by atoms with E-state index in [1.165, 1.54) is 7.11 Å². The van der Waals surface area contributed by atoms with Crippen LogP contribution in [-0.4, -0.2) is 44.8 Å². The van der Waals surface area contributed by atoms with Gasteiger partial charge in [0, 0.05) is 5.92 Å². The van der Waals surface area contributed by atoms with Crippen molar-refractivity contribution in [2.75, 3.05) is 20.3 Å². The third-order valence-corrected chi connectivity index (χ3v) is 2.67. The molecule has 0 N–H and O–H groups in total. The van der Waals surface area contributed by atoms with Gasteiger partial charge in [0.1, 0.15) is 6.10 Å². The molecule has 2 aliphatic rings. The molecule has 5 heteroatoms. The van der Waals surface area contributed by atoms with Gasteiger partial charge in [-0.1, -0.05) is 6.92 Å². The second-order valence-corrected chi connectivity index (χ2v) is 3.68. The fraction of sp³-hybridized carbons (Fsp3) is 0.889. The summed E-state index contributed by atoms with van der Waals surface area (Å²) in [4.78, 5) is 10.9. The van der Waals surface area contributed by atoms with Gasteiger partial charge >= 0.3 is 6.16 Å². The molecular weight excluding hydrogens is 188 g/mol. The smallest absolute Gasteiger partial charge is 0.438 e. The third kappa shape index (κ3) is 1.57. The highest BCUT2D eigenvalue weighted by molar-refractivity contribution is 5.60. The van der Waals surface area contributed by atoms with E-state index in [4.69, 9.17) is 14.2 Å². The van der Waals surface area contributed by atoms with Crippen LogP contribution in [0.5, 0.6) is 0 Å². The standard InChI is InChI=1S/C9H14O5/c1-5-3-12-8-6(4-13-7(5)8)14-9(10)11-2/h5-8H,3-4H2,1-2H3. The Morgan fingerprint density at radius 2 is 2.00 bits per heavy atom. The van der Waals surface area contributed by atoms with E-state index in [0.717, 1.165) is 0 Å². The Balaban J connectivity index is 1.93. The van der Waals surface area contributed by atoms with Crippen molar-refractivity contribution in [1.82, 2.24) is 0 Å². The van der Waals surface area contributed by atoms with E-state index >= 15 is 0 Å². The van der Waals surface area contributed by atoms with Crippen LogP contribution >= 0.6 is 0 Å². The zero-order valence-corrected chi connectivity index (χ0v) is 8.26. The number of carbonyl (C=O) groups excluding carboxylic acids is 1. The van der Waals surface area contributed by atoms with Gasteiger partial charge in [-0.3, -0.25) is 0 Å². The first-order chi connectivity index (χ1) is 6.72. The van der Waals surface area contributed by atoms with Crippen molar-refractivity contribution in [1.29, 1.82) is 0 Å². The summed E-state index contributed by atoms with van der Waals surface area (Å²) in [5.74, 6) is 0.367. The Morgan fingerprint density at radius 1 is 1.29 bits per heavy atom. The van der Waals surface area contributed by atoms with Gasteiger partial charge in [-0.25, -0.2) is 4.79 Å². The predicted octanol–water partition coefficient (Wildman–Crippen LogP) is 0.572. The van der Waals surface area contributed by atoms with Crippen molar-refractivity contribution < 1.29 is 23.7 Å². The Morgan fingerprint density at radius 3 is 2.71 bits per heavy atom. The van der Waals surface area contributed by atoms with Gasteiger partial charge in [-0.2, -0.15) is 0 Å². The van der Waals surface area contributed by atoms with Crippen LogP contribution in [0.1, 0.15) is 6.92 Å². The minimum atomic E-state index is -0.678. The van der Waals surface area contributed by atoms with Crippen molar-refractivity contribution in [3.05, 3.63) is 0 Å². The summed E-state index contributed by atoms with van der Waals surface area (Å²) in [7, 11) is 1.29. The lowest BCUT2D eigenvalue weighted by atomic mass is 10.0. The molecule has 0 radical (unpaired) electrons. The molecule has 0 spiro atoms. The molecule has 0 aromatic rings. The van der Waals surface area contributed by atoms with E-state index in [1.54, 1.807) is 0 Å². The fourth-order valence-corrected chi connectivity index (χ4v) is 1.93. The van der Waals surface area contributed by atoms with Crippen LogP contribution in [0.15, 0.2) is 0 Å². The topological polar surface area (TPSA) is 54.0 Å². The van der Waals surface area contributed by atoms with E-state index in [9.17, 15) is 4.79 Å². The maximum Gasteiger partial charge on any atom is 0.508 e. The summed E-state index contributed by atoms with van der Waals surface area (Å²) in [6.07, 6.45) is -1.06. The van der Waals surface area contributed by atoms with Gasteiger partial charge in [0.2, 0.25) is 0 Å². The van der Waals surface area contributed by atoms with Crippen LogP contribution in [0.3, 0.4) is 0 Å². The van der Waals surface area contributed by atoms with E-state index in [2.05, 4.69) is 11.7 Å². The highest BCUT2D eigenvalue weighted by atomic mass is 16.7. The van der Waals surface area contributed by atoms with Gasteiger partial charge in [0.05, 0.1) is 26.4 Å². The Kier molecular flexibility index (Phi) is 2.60. The molecule has 0 saturated carbocycles. The van der Waals surface area contributed by atoms with Gasteiger partial charge in [0.15, 0.2) is 6.10 Å². The van der Waals surface area contributed by atoms with E-state index in [-0.39, 0.29) is 18.3 Å². The van der Waals surface area contributed by atoms with Gasteiger partial charge in [0.25, 0.3) is 0 Å². The van der Waals surface area contributed by atoms with Crippen molar-refractivity contribution >= 4 is 6.16 Å². The minimum absolute atomic E-state index is 0.0599. The van der Waals surface area contributed by atoms with Gasteiger partial charge in [-0.15, -0.1) is 0 Å². The van der Waals surface area contributed by atoms with Crippen LogP contribution in [0.2, 0.25) is 0 Å². The lowest BCUT2D eigenvalue weighted by Crippen LogP contribution is -2.32. The molecule has 80 valence electrons. The molecule has 2 fully saturated rings. The number of ether oxygens (including phenoxy) is 4. The summed E-state index contributed by atoms with van der Waals surface area (Å²) < 4.78 is 20.4. The molecule has 0 bridgehead atoms. The second kappa shape index (κ2) is 3.74. The molecule has 5 nitrogen and oxygen atoms in total. The van der Waals surface area contributed by atoms with Crippen molar-refractivity contribution in [2.24, 2.45) is 5.92 Å². The Labute approximate surface area is 82.3 Å². The SMILES string of the molecule is COC(=O)OC1COC2C(C)COC12. The van der Waals surface area contributed by atoms with Crippen molar-refractivity contribution in [3.8, 4) is 0 Å². The molecule has 2 heterocycles. The summed E-state index contributed by atoms with van der Waals surface area (Å²) in [6, 6.07) is 0. The quantitative estimate of drug-likeness (QED) is 0.582. The molecule has 0 aliphatic carbocycles. The molecule has 0 aromatic heterocycles. The summed E-state index contributed by atoms with van der Waals surface area (Å²) in [6.45, 7) is 3.12. The van der Waals surface area contributed by atoms with E-state index < -0.39 is 6.16 Å². The Bertz CT molecular complexity index is 229. The molecule has 2 saturated heterocycles. The van der Waals surface area contributed by atoms with Crippen LogP contribution in [-0.2, 0) is 18.9 Å². The first-order valence-electron chi connectivity index (χ1n) is 4.70. The van der Waals surface area contributed by atoms with Crippen LogP contribution in [0.4, 0.5) is 4.79 Å². The maximum atomic E-state index is 10.9. The molecule has 0 aromatic carbocycles. The van der Waals surface area contributed by atoms with Gasteiger partial charge in [-0.05, 0) is 0 Å². The number of hydrogen-bond donors (Lipinski definition) is 0. The number of rotatable bonds is 1. The van der Waals surface area contributed by atoms with Crippen molar-refractivity contribution in [2.45, 2.75) is 25.2 Å². The summed E-state index contributed by atoms with van der Waals surface area (Å²) >= 11 is 0. The first kappa shape index (κ1) is 9.73. The monoisotopic (exact) mass is 202 g/mol. The lowest BCUT2D eigenvalue weighted by Gasteiger charge is -2.15. The average molecular weight is 202 g/mol. The zero-order chi connectivity index (χ0) is 10.1. The Hall–Kier alpha value is -0.810. The highest BCUT2D eigenvalue weighted by Crippen LogP contribution is 2.32. The number of fused-ring (bicyclic) bond motifs is 1. The molecule has 4 unspecified atom stereocenters. The molecule has 0 amide bonds. The van der Waals surface area contributed by atoms with E-state index in [1.807, 2.05) is 0 Å². The number of methoxy groups -OCH3 is 1. The zero-order valence-electron chi connectivity index (χ0n) is 8.26. The molecule has 2 rings (SSSR count). The molecule has 14 heavy (non-hydrogen) atoms. The fourth-order valence-electron chi connectivity index (χ4n) is 1.93. The van der Waals surface area contributed by atoms with Crippen molar-refractivity contribution in [3.63, 3.8) is 0 Å².